The van der Waals surface area contributed by atoms with Crippen molar-refractivity contribution >= 4 is 52.2 Å². The lowest BCUT2D eigenvalue weighted by atomic mass is 9.90. The van der Waals surface area contributed by atoms with E-state index in [0.29, 0.717) is 12.0 Å². The monoisotopic (exact) mass is 344 g/mol. The van der Waals surface area contributed by atoms with Crippen LogP contribution in [0.3, 0.4) is 0 Å². The van der Waals surface area contributed by atoms with Crippen LogP contribution in [0.1, 0.15) is 13.3 Å². The van der Waals surface area contributed by atoms with E-state index in [2.05, 4.69) is 5.48 Å². The highest BCUT2D eigenvalue weighted by atomic mass is 32.2. The molecule has 0 bridgehead atoms. The molecule has 1 fully saturated rings. The molecule has 2 rings (SSSR count). The number of carboxylic acids is 1. The number of hydroxylamine groups is 1. The number of carbonyl (C=O) groups is 4. The molecule has 2 aliphatic heterocycles. The molecular formula is C12H12N2O6S2. The molecule has 0 radical (unpaired) electrons. The van der Waals surface area contributed by atoms with Gasteiger partial charge in [-0.05, 0) is 13.0 Å². The number of nitrogens with one attached hydrogen (secondary N) is 1. The molecular weight excluding hydrogens is 332 g/mol. The van der Waals surface area contributed by atoms with E-state index in [1.54, 1.807) is 6.92 Å². The van der Waals surface area contributed by atoms with Gasteiger partial charge in [0.05, 0.1) is 6.42 Å². The summed E-state index contributed by atoms with van der Waals surface area (Å²) in [5.74, 6) is -2.45. The van der Waals surface area contributed by atoms with Crippen molar-refractivity contribution in [2.45, 2.75) is 24.2 Å². The fourth-order valence-corrected chi connectivity index (χ4v) is 3.77. The highest BCUT2D eigenvalue weighted by Gasteiger charge is 2.57. The van der Waals surface area contributed by atoms with E-state index < -0.39 is 41.5 Å². The third-order valence-electron chi connectivity index (χ3n) is 3.13. The molecule has 0 saturated carbocycles. The van der Waals surface area contributed by atoms with E-state index in [4.69, 9.17) is 22.2 Å². The van der Waals surface area contributed by atoms with Crippen molar-refractivity contribution in [1.29, 1.82) is 0 Å². The van der Waals surface area contributed by atoms with E-state index in [-0.39, 0.29) is 4.32 Å². The molecule has 0 spiro atoms. The Balaban J connectivity index is 2.36. The second kappa shape index (κ2) is 6.15. The largest absolute Gasteiger partial charge is 0.480 e. The molecule has 2 atom stereocenters. The Kier molecular flexibility index (Phi) is 4.63. The maximum Gasteiger partial charge on any atom is 0.323 e. The summed E-state index contributed by atoms with van der Waals surface area (Å²) in [7, 11) is 0. The average molecular weight is 344 g/mol. The van der Waals surface area contributed by atoms with Crippen molar-refractivity contribution in [3.05, 3.63) is 11.8 Å². The van der Waals surface area contributed by atoms with Gasteiger partial charge in [0, 0.05) is 5.70 Å². The van der Waals surface area contributed by atoms with Crippen LogP contribution in [0.2, 0.25) is 0 Å². The molecule has 2 heterocycles. The van der Waals surface area contributed by atoms with E-state index in [0.717, 1.165) is 16.7 Å². The van der Waals surface area contributed by atoms with Gasteiger partial charge in [-0.25, -0.2) is 0 Å². The Morgan fingerprint density at radius 2 is 2.32 bits per heavy atom. The normalized spacial score (nSPS) is 27.6. The average Bonchev–Trinajstić information content (AvgIpc) is 2.95. The van der Waals surface area contributed by atoms with Gasteiger partial charge in [0.2, 0.25) is 5.91 Å². The number of hydrogen-bond acceptors (Lipinski definition) is 8. The van der Waals surface area contributed by atoms with E-state index >= 15 is 0 Å². The summed E-state index contributed by atoms with van der Waals surface area (Å²) in [5, 5.41) is 7.76. The van der Waals surface area contributed by atoms with Gasteiger partial charge in [-0.2, -0.15) is 0 Å². The van der Waals surface area contributed by atoms with Crippen LogP contribution < -0.4 is 5.48 Å². The number of carboxylic acid groups (broad SMARTS) is 1. The topological polar surface area (TPSA) is 113 Å². The Morgan fingerprint density at radius 3 is 2.82 bits per heavy atom. The van der Waals surface area contributed by atoms with Crippen LogP contribution in [0.25, 0.3) is 0 Å². The number of aldehydes is 1. The van der Waals surface area contributed by atoms with Gasteiger partial charge in [-0.15, -0.1) is 0 Å². The number of rotatable bonds is 6. The molecule has 0 aromatic heterocycles. The van der Waals surface area contributed by atoms with Gasteiger partial charge in [-0.3, -0.25) is 29.6 Å². The SMILES string of the molecule is CC1=CC(C(=O)CC=O)(C2SC(=S)N(CC(=O)O)C2=O)ON1. The maximum absolute atomic E-state index is 12.4. The summed E-state index contributed by atoms with van der Waals surface area (Å²) < 4.78 is 0.0530. The van der Waals surface area contributed by atoms with Crippen molar-refractivity contribution in [3.8, 4) is 0 Å². The molecule has 2 unspecified atom stereocenters. The number of allylic oxidation sites excluding steroid dienone is 1. The summed E-state index contributed by atoms with van der Waals surface area (Å²) in [6.45, 7) is 1.04. The smallest absolute Gasteiger partial charge is 0.323 e. The number of nitrogens with zero attached hydrogens (tertiary/aromatic N) is 1. The van der Waals surface area contributed by atoms with E-state index in [1.165, 1.54) is 6.08 Å². The van der Waals surface area contributed by atoms with Crippen LogP contribution in [0.15, 0.2) is 11.8 Å². The second-order valence-corrected chi connectivity index (χ2v) is 6.44. The number of ketones is 1. The minimum absolute atomic E-state index is 0.0530. The van der Waals surface area contributed by atoms with Crippen LogP contribution in [0.4, 0.5) is 0 Å². The third kappa shape index (κ3) is 2.76. The first-order valence-corrected chi connectivity index (χ1v) is 7.45. The zero-order valence-electron chi connectivity index (χ0n) is 11.4. The van der Waals surface area contributed by atoms with Crippen LogP contribution in [-0.2, 0) is 24.0 Å². The van der Waals surface area contributed by atoms with Gasteiger partial charge in [0.15, 0.2) is 11.4 Å². The second-order valence-electron chi connectivity index (χ2n) is 4.70. The van der Waals surface area contributed by atoms with E-state index in [1.807, 2.05) is 0 Å². The van der Waals surface area contributed by atoms with Gasteiger partial charge < -0.3 is 9.90 Å². The Bertz CT molecular complexity index is 604. The molecule has 22 heavy (non-hydrogen) atoms. The van der Waals surface area contributed by atoms with Crippen molar-refractivity contribution in [3.63, 3.8) is 0 Å². The number of hydrogen-bond donors (Lipinski definition) is 2. The molecule has 8 nitrogen and oxygen atoms in total. The Hall–Kier alpha value is -1.78. The lowest BCUT2D eigenvalue weighted by molar-refractivity contribution is -0.150. The van der Waals surface area contributed by atoms with Gasteiger partial charge in [0.1, 0.15) is 22.4 Å². The van der Waals surface area contributed by atoms with Gasteiger partial charge in [-0.1, -0.05) is 24.0 Å². The molecule has 1 amide bonds. The molecule has 0 aromatic carbocycles. The van der Waals surface area contributed by atoms with Crippen LogP contribution >= 0.6 is 24.0 Å². The highest BCUT2D eigenvalue weighted by Crippen LogP contribution is 2.40. The van der Waals surface area contributed by atoms with E-state index in [9.17, 15) is 19.2 Å². The molecule has 2 aliphatic rings. The minimum atomic E-state index is -1.68. The third-order valence-corrected chi connectivity index (χ3v) is 4.85. The van der Waals surface area contributed by atoms with Crippen molar-refractivity contribution in [2.75, 3.05) is 6.54 Å². The molecule has 1 saturated heterocycles. The summed E-state index contributed by atoms with van der Waals surface area (Å²) >= 11 is 5.88. The fraction of sp³-hybridized carbons (Fsp3) is 0.417. The standard InChI is InChI=1S/C12H12N2O6S2/c1-6-4-12(20-13-6,7(16)2-3-15)9-10(19)14(5-8(17)18)11(21)22-9/h3-4,9,13H,2,5H2,1H3,(H,17,18). The van der Waals surface area contributed by atoms with Gasteiger partial charge >= 0.3 is 5.97 Å². The molecule has 0 aromatic rings. The first-order valence-electron chi connectivity index (χ1n) is 6.16. The fourth-order valence-electron chi connectivity index (χ4n) is 2.19. The van der Waals surface area contributed by atoms with Crippen molar-refractivity contribution in [1.82, 2.24) is 10.4 Å². The lowest BCUT2D eigenvalue weighted by Crippen LogP contribution is -2.52. The predicted octanol–water partition coefficient (Wildman–Crippen LogP) is -0.365. The van der Waals surface area contributed by atoms with Crippen LogP contribution in [0.5, 0.6) is 0 Å². The van der Waals surface area contributed by atoms with Crippen LogP contribution in [-0.4, -0.2) is 55.7 Å². The quantitative estimate of drug-likeness (QED) is 0.379. The summed E-state index contributed by atoms with van der Waals surface area (Å²) in [4.78, 5) is 52.4. The zero-order chi connectivity index (χ0) is 16.5. The van der Waals surface area contributed by atoms with Crippen molar-refractivity contribution < 1.29 is 29.1 Å². The Morgan fingerprint density at radius 1 is 1.64 bits per heavy atom. The number of Topliss-reactive ketones (excluding diaryl/α,β-unsaturated/α-hetero) is 1. The molecule has 118 valence electrons. The number of aliphatic carboxylic acids is 1. The number of thioether (sulfide) groups is 1. The number of thiocarbonyl (C=S) groups is 1. The summed E-state index contributed by atoms with van der Waals surface area (Å²) in [6, 6.07) is 0. The highest BCUT2D eigenvalue weighted by molar-refractivity contribution is 8.24. The lowest BCUT2D eigenvalue weighted by Gasteiger charge is -2.27. The van der Waals surface area contributed by atoms with Crippen molar-refractivity contribution in [2.24, 2.45) is 0 Å². The number of amides is 1. The maximum atomic E-state index is 12.4. The molecule has 2 N–H and O–H groups in total. The first-order chi connectivity index (χ1) is 10.3. The predicted molar refractivity (Wildman–Crippen MR) is 79.7 cm³/mol. The summed E-state index contributed by atoms with van der Waals surface area (Å²) in [5.41, 5.74) is 1.33. The number of carbonyl (C=O) groups excluding carboxylic acids is 3. The Labute approximate surface area is 134 Å². The van der Waals surface area contributed by atoms with Gasteiger partial charge in [0.25, 0.3) is 0 Å². The zero-order valence-corrected chi connectivity index (χ0v) is 13.0. The molecule has 10 heteroatoms. The minimum Gasteiger partial charge on any atom is -0.480 e. The summed E-state index contributed by atoms with van der Waals surface area (Å²) in [6.07, 6.45) is 1.41. The van der Waals surface area contributed by atoms with Crippen LogP contribution in [0, 0.1) is 0 Å². The molecule has 0 aliphatic carbocycles. The first kappa shape index (κ1) is 16.6.